The van der Waals surface area contributed by atoms with Crippen LogP contribution in [-0.4, -0.2) is 53.3 Å². The van der Waals surface area contributed by atoms with Crippen molar-refractivity contribution in [2.45, 2.75) is 45.6 Å². The number of methoxy groups -OCH3 is 1. The first kappa shape index (κ1) is 17.8. The van der Waals surface area contributed by atoms with Crippen molar-refractivity contribution in [3.05, 3.63) is 18.2 Å². The van der Waals surface area contributed by atoms with E-state index in [-0.39, 0.29) is 17.6 Å². The molecule has 0 radical (unpaired) electrons. The Morgan fingerprint density at radius 3 is 2.57 bits per heavy atom. The van der Waals surface area contributed by atoms with Gasteiger partial charge in [0.15, 0.2) is 0 Å². The van der Waals surface area contributed by atoms with E-state index in [9.17, 15) is 4.79 Å². The van der Waals surface area contributed by atoms with E-state index in [1.54, 1.807) is 7.11 Å². The topological polar surface area (TPSA) is 59.4 Å². The lowest BCUT2D eigenvalue weighted by atomic mass is 9.89. The number of hydrogen-bond acceptors (Lipinski definition) is 3. The average Bonchev–Trinajstić information content (AvgIpc) is 2.92. The lowest BCUT2D eigenvalue weighted by Gasteiger charge is -2.34. The summed E-state index contributed by atoms with van der Waals surface area (Å²) in [7, 11) is 3.72. The molecule has 0 saturated carbocycles. The van der Waals surface area contributed by atoms with Gasteiger partial charge >= 0.3 is 6.03 Å². The number of rotatable bonds is 4. The molecule has 2 amide bonds. The molecular formula is C17H30N4O2. The molecule has 1 atom stereocenters. The van der Waals surface area contributed by atoms with Crippen molar-refractivity contribution in [3.8, 4) is 0 Å². The summed E-state index contributed by atoms with van der Waals surface area (Å²) in [4.78, 5) is 18.4. The Labute approximate surface area is 139 Å². The highest BCUT2D eigenvalue weighted by Gasteiger charge is 2.28. The van der Waals surface area contributed by atoms with E-state index in [2.05, 4.69) is 35.6 Å². The number of urea groups is 1. The van der Waals surface area contributed by atoms with Gasteiger partial charge in [-0.15, -0.1) is 0 Å². The highest BCUT2D eigenvalue weighted by Crippen LogP contribution is 2.27. The average molecular weight is 322 g/mol. The van der Waals surface area contributed by atoms with Crippen molar-refractivity contribution in [1.29, 1.82) is 0 Å². The molecule has 1 aliphatic heterocycles. The third kappa shape index (κ3) is 4.47. The Morgan fingerprint density at radius 2 is 2.09 bits per heavy atom. The molecule has 0 aromatic carbocycles. The molecule has 23 heavy (non-hydrogen) atoms. The van der Waals surface area contributed by atoms with Crippen LogP contribution in [0.3, 0.4) is 0 Å². The van der Waals surface area contributed by atoms with Crippen LogP contribution in [0.2, 0.25) is 0 Å². The van der Waals surface area contributed by atoms with Crippen LogP contribution in [0.15, 0.2) is 12.5 Å². The van der Waals surface area contributed by atoms with Gasteiger partial charge < -0.3 is 19.5 Å². The van der Waals surface area contributed by atoms with Crippen LogP contribution >= 0.6 is 0 Å². The van der Waals surface area contributed by atoms with Gasteiger partial charge in [-0.2, -0.15) is 0 Å². The van der Waals surface area contributed by atoms with Gasteiger partial charge in [0.2, 0.25) is 0 Å². The van der Waals surface area contributed by atoms with Crippen LogP contribution in [-0.2, 0) is 11.8 Å². The third-order valence-corrected chi connectivity index (χ3v) is 4.74. The highest BCUT2D eigenvalue weighted by atomic mass is 16.5. The summed E-state index contributed by atoms with van der Waals surface area (Å²) in [5, 5.41) is 3.02. The highest BCUT2D eigenvalue weighted by molar-refractivity contribution is 5.74. The van der Waals surface area contributed by atoms with Crippen molar-refractivity contribution < 1.29 is 9.53 Å². The molecule has 1 unspecified atom stereocenters. The largest absolute Gasteiger partial charge is 0.379 e. The first-order valence-corrected chi connectivity index (χ1v) is 8.34. The minimum absolute atomic E-state index is 0.00849. The molecule has 1 saturated heterocycles. The molecule has 2 heterocycles. The molecule has 0 aliphatic carbocycles. The van der Waals surface area contributed by atoms with Crippen LogP contribution in [0.1, 0.15) is 45.2 Å². The number of piperidine rings is 1. The minimum atomic E-state index is 0.00849. The second-order valence-corrected chi connectivity index (χ2v) is 7.47. The number of carbonyl (C=O) groups excluding carboxylic acids is 1. The Kier molecular flexibility index (Phi) is 5.68. The fourth-order valence-corrected chi connectivity index (χ4v) is 3.17. The summed E-state index contributed by atoms with van der Waals surface area (Å²) in [6.07, 6.45) is 5.76. The summed E-state index contributed by atoms with van der Waals surface area (Å²) < 4.78 is 7.57. The molecule has 0 bridgehead atoms. The van der Waals surface area contributed by atoms with E-state index in [1.165, 1.54) is 5.69 Å². The molecule has 1 aromatic heterocycles. The van der Waals surface area contributed by atoms with E-state index in [0.29, 0.717) is 12.5 Å². The number of aryl methyl sites for hydroxylation is 1. The second-order valence-electron chi connectivity index (χ2n) is 7.47. The Balaban J connectivity index is 1.81. The number of nitrogens with zero attached hydrogens (tertiary/aromatic N) is 3. The monoisotopic (exact) mass is 322 g/mol. The molecule has 1 N–H and O–H groups in total. The van der Waals surface area contributed by atoms with Gasteiger partial charge in [-0.1, -0.05) is 20.8 Å². The SMILES string of the molecule is COC(CNC(=O)N1CCC(c2cncn2C)CC1)C(C)(C)C. The first-order valence-electron chi connectivity index (χ1n) is 8.34. The smallest absolute Gasteiger partial charge is 0.317 e. The van der Waals surface area contributed by atoms with Crippen molar-refractivity contribution in [2.24, 2.45) is 12.5 Å². The van der Waals surface area contributed by atoms with Crippen LogP contribution in [0.5, 0.6) is 0 Å². The van der Waals surface area contributed by atoms with Gasteiger partial charge in [0.05, 0.1) is 12.4 Å². The van der Waals surface area contributed by atoms with E-state index >= 15 is 0 Å². The van der Waals surface area contributed by atoms with Gasteiger partial charge in [-0.05, 0) is 18.3 Å². The Hall–Kier alpha value is -1.56. The van der Waals surface area contributed by atoms with Crippen LogP contribution in [0.25, 0.3) is 0 Å². The molecule has 0 spiro atoms. The predicted molar refractivity (Wildman–Crippen MR) is 90.4 cm³/mol. The molecule has 6 heteroatoms. The maximum atomic E-state index is 12.3. The van der Waals surface area contributed by atoms with Gasteiger partial charge in [0.25, 0.3) is 0 Å². The molecule has 6 nitrogen and oxygen atoms in total. The number of hydrogen-bond donors (Lipinski definition) is 1. The lowest BCUT2D eigenvalue weighted by Crippen LogP contribution is -2.48. The fourth-order valence-electron chi connectivity index (χ4n) is 3.17. The summed E-state index contributed by atoms with van der Waals surface area (Å²) in [5.41, 5.74) is 1.27. The number of likely N-dealkylation sites (tertiary alicyclic amines) is 1. The van der Waals surface area contributed by atoms with Crippen molar-refractivity contribution in [3.63, 3.8) is 0 Å². The molecule has 1 aromatic rings. The number of aromatic nitrogens is 2. The first-order chi connectivity index (χ1) is 10.8. The predicted octanol–water partition coefficient (Wildman–Crippen LogP) is 2.37. The van der Waals surface area contributed by atoms with Crippen molar-refractivity contribution in [2.75, 3.05) is 26.7 Å². The quantitative estimate of drug-likeness (QED) is 0.926. The number of imidazole rings is 1. The van der Waals surface area contributed by atoms with E-state index < -0.39 is 0 Å². The standard InChI is InChI=1S/C17H30N4O2/c1-17(2,3)15(23-5)11-19-16(22)21-8-6-13(7-9-21)14-10-18-12-20(14)4/h10,12-13,15H,6-9,11H2,1-5H3,(H,19,22). The molecule has 1 aliphatic rings. The second kappa shape index (κ2) is 7.34. The van der Waals surface area contributed by atoms with Gasteiger partial charge in [-0.25, -0.2) is 9.78 Å². The van der Waals surface area contributed by atoms with E-state index in [1.807, 2.05) is 24.5 Å². The maximum Gasteiger partial charge on any atom is 0.317 e. The lowest BCUT2D eigenvalue weighted by molar-refractivity contribution is 0.0183. The number of ether oxygens (including phenoxy) is 1. The molecule has 130 valence electrons. The Bertz CT molecular complexity index is 513. The zero-order valence-electron chi connectivity index (χ0n) is 15.0. The van der Waals surface area contributed by atoms with E-state index in [4.69, 9.17) is 4.74 Å². The fraction of sp³-hybridized carbons (Fsp3) is 0.765. The zero-order valence-corrected chi connectivity index (χ0v) is 15.0. The van der Waals surface area contributed by atoms with E-state index in [0.717, 1.165) is 25.9 Å². The zero-order chi connectivity index (χ0) is 17.0. The molecule has 2 rings (SSSR count). The van der Waals surface area contributed by atoms with Gasteiger partial charge in [-0.3, -0.25) is 0 Å². The van der Waals surface area contributed by atoms with Gasteiger partial charge in [0.1, 0.15) is 0 Å². The molecular weight excluding hydrogens is 292 g/mol. The van der Waals surface area contributed by atoms with Crippen LogP contribution in [0, 0.1) is 5.41 Å². The summed E-state index contributed by atoms with van der Waals surface area (Å²) in [6.45, 7) is 8.47. The van der Waals surface area contributed by atoms with Crippen LogP contribution < -0.4 is 5.32 Å². The third-order valence-electron chi connectivity index (χ3n) is 4.74. The van der Waals surface area contributed by atoms with Crippen molar-refractivity contribution >= 4 is 6.03 Å². The minimum Gasteiger partial charge on any atom is -0.379 e. The number of amides is 2. The van der Waals surface area contributed by atoms with Gasteiger partial charge in [0, 0.05) is 51.6 Å². The molecule has 1 fully saturated rings. The summed E-state index contributed by atoms with van der Waals surface area (Å²) >= 11 is 0. The number of nitrogens with one attached hydrogen (secondary N) is 1. The summed E-state index contributed by atoms with van der Waals surface area (Å²) in [6, 6.07) is 0.0137. The maximum absolute atomic E-state index is 12.3. The van der Waals surface area contributed by atoms with Crippen molar-refractivity contribution in [1.82, 2.24) is 19.8 Å². The Morgan fingerprint density at radius 1 is 1.43 bits per heavy atom. The number of carbonyl (C=O) groups is 1. The summed E-state index contributed by atoms with van der Waals surface area (Å²) in [5.74, 6) is 0.493. The normalized spacial score (nSPS) is 18.0. The van der Waals surface area contributed by atoms with Crippen LogP contribution in [0.4, 0.5) is 4.79 Å².